The number of rotatable bonds is 6. The SMILES string of the molecule is C1=C(c2ccc3ccccc3c2)NC(c2ccccc2)NC1c1ccc2c(c1)C(c1ccccc1)(c1ccccc1)c1c-2c(-c2ccccc2)cc2ccccc12. The van der Waals surface area contributed by atoms with Crippen LogP contribution in [0.1, 0.15) is 51.2 Å². The minimum Gasteiger partial charge on any atom is -0.366 e. The Kier molecular flexibility index (Phi) is 7.98. The Labute approximate surface area is 333 Å². The van der Waals surface area contributed by atoms with Crippen LogP contribution in [0.3, 0.4) is 0 Å². The average Bonchev–Trinajstić information content (AvgIpc) is 3.61. The number of hydrogen-bond donors (Lipinski definition) is 2. The lowest BCUT2D eigenvalue weighted by molar-refractivity contribution is 0.442. The van der Waals surface area contributed by atoms with Gasteiger partial charge in [-0.1, -0.05) is 200 Å². The van der Waals surface area contributed by atoms with Gasteiger partial charge in [0.05, 0.1) is 11.5 Å². The normalized spacial score (nSPS) is 16.7. The molecule has 0 spiro atoms. The summed E-state index contributed by atoms with van der Waals surface area (Å²) in [5.74, 6) is 0. The summed E-state index contributed by atoms with van der Waals surface area (Å²) < 4.78 is 0. The average molecular weight is 729 g/mol. The van der Waals surface area contributed by atoms with Crippen molar-refractivity contribution in [3.8, 4) is 22.3 Å². The summed E-state index contributed by atoms with van der Waals surface area (Å²) in [5.41, 5.74) is 14.4. The van der Waals surface area contributed by atoms with Crippen molar-refractivity contribution in [2.45, 2.75) is 17.6 Å². The molecule has 11 rings (SSSR count). The van der Waals surface area contributed by atoms with Crippen molar-refractivity contribution >= 4 is 27.2 Å². The van der Waals surface area contributed by atoms with Crippen LogP contribution in [0.4, 0.5) is 0 Å². The molecule has 270 valence electrons. The first-order valence-electron chi connectivity index (χ1n) is 19.9. The van der Waals surface area contributed by atoms with E-state index in [1.165, 1.54) is 82.7 Å². The van der Waals surface area contributed by atoms with Gasteiger partial charge in [0, 0.05) is 5.70 Å². The number of nitrogens with one attached hydrogen (secondary N) is 2. The van der Waals surface area contributed by atoms with Crippen LogP contribution in [-0.2, 0) is 5.41 Å². The van der Waals surface area contributed by atoms with Gasteiger partial charge in [-0.2, -0.15) is 0 Å². The Bertz CT molecular complexity index is 2910. The summed E-state index contributed by atoms with van der Waals surface area (Å²) in [6.45, 7) is 0. The highest BCUT2D eigenvalue weighted by Crippen LogP contribution is 2.60. The second-order valence-corrected chi connectivity index (χ2v) is 15.3. The fraction of sp³-hybridized carbons (Fsp3) is 0.0545. The highest BCUT2D eigenvalue weighted by molar-refractivity contribution is 6.06. The fourth-order valence-electron chi connectivity index (χ4n) is 9.62. The van der Waals surface area contributed by atoms with Crippen LogP contribution < -0.4 is 10.6 Å². The Hall–Kier alpha value is -7.00. The molecule has 0 saturated heterocycles. The van der Waals surface area contributed by atoms with Gasteiger partial charge in [-0.15, -0.1) is 0 Å². The van der Waals surface area contributed by atoms with Crippen molar-refractivity contribution in [1.82, 2.24) is 10.6 Å². The van der Waals surface area contributed by atoms with E-state index in [4.69, 9.17) is 0 Å². The molecule has 2 atom stereocenters. The number of benzene rings is 9. The lowest BCUT2D eigenvalue weighted by Gasteiger charge is -2.36. The monoisotopic (exact) mass is 728 g/mol. The molecule has 1 heterocycles. The highest BCUT2D eigenvalue weighted by atomic mass is 15.2. The van der Waals surface area contributed by atoms with E-state index in [1.54, 1.807) is 0 Å². The molecule has 2 heteroatoms. The molecule has 2 unspecified atom stereocenters. The van der Waals surface area contributed by atoms with Gasteiger partial charge in [-0.25, -0.2) is 0 Å². The van der Waals surface area contributed by atoms with E-state index in [9.17, 15) is 0 Å². The topological polar surface area (TPSA) is 24.1 Å². The molecule has 0 bridgehead atoms. The van der Waals surface area contributed by atoms with E-state index in [1.807, 2.05) is 0 Å². The van der Waals surface area contributed by atoms with Crippen LogP contribution in [0.25, 0.3) is 49.5 Å². The molecular weight excluding hydrogens is 689 g/mol. The minimum atomic E-state index is -0.579. The second-order valence-electron chi connectivity index (χ2n) is 15.3. The van der Waals surface area contributed by atoms with E-state index in [2.05, 4.69) is 229 Å². The van der Waals surface area contributed by atoms with Crippen molar-refractivity contribution in [3.05, 3.63) is 257 Å². The molecule has 2 nitrogen and oxygen atoms in total. The quantitative estimate of drug-likeness (QED) is 0.178. The molecule has 2 N–H and O–H groups in total. The third-order valence-corrected chi connectivity index (χ3v) is 12.2. The Morgan fingerprint density at radius 3 is 1.75 bits per heavy atom. The predicted molar refractivity (Wildman–Crippen MR) is 237 cm³/mol. The molecule has 9 aromatic carbocycles. The van der Waals surface area contributed by atoms with E-state index in [0.717, 1.165) is 5.70 Å². The summed E-state index contributed by atoms with van der Waals surface area (Å²) in [6.07, 6.45) is 2.29. The summed E-state index contributed by atoms with van der Waals surface area (Å²) in [4.78, 5) is 0. The van der Waals surface area contributed by atoms with E-state index in [-0.39, 0.29) is 12.2 Å². The largest absolute Gasteiger partial charge is 0.366 e. The van der Waals surface area contributed by atoms with Crippen LogP contribution in [0, 0.1) is 0 Å². The maximum Gasteiger partial charge on any atom is 0.104 e. The van der Waals surface area contributed by atoms with Crippen molar-refractivity contribution in [1.29, 1.82) is 0 Å². The first-order chi connectivity index (χ1) is 28.3. The van der Waals surface area contributed by atoms with Gasteiger partial charge in [0.15, 0.2) is 0 Å². The predicted octanol–water partition coefficient (Wildman–Crippen LogP) is 13.0. The van der Waals surface area contributed by atoms with E-state index >= 15 is 0 Å². The van der Waals surface area contributed by atoms with Crippen LogP contribution in [-0.4, -0.2) is 0 Å². The first kappa shape index (κ1) is 33.3. The summed E-state index contributed by atoms with van der Waals surface area (Å²) >= 11 is 0. The summed E-state index contributed by atoms with van der Waals surface area (Å²) in [5, 5.41) is 12.9. The van der Waals surface area contributed by atoms with Crippen molar-refractivity contribution in [2.75, 3.05) is 0 Å². The Balaban J connectivity index is 1.19. The summed E-state index contributed by atoms with van der Waals surface area (Å²) in [6, 6.07) is 78.0. The van der Waals surface area contributed by atoms with E-state index in [0.29, 0.717) is 0 Å². The van der Waals surface area contributed by atoms with Gasteiger partial charge in [-0.05, 0) is 101 Å². The molecular formula is C55H40N2. The zero-order chi connectivity index (χ0) is 37.8. The Morgan fingerprint density at radius 1 is 0.421 bits per heavy atom. The van der Waals surface area contributed by atoms with Crippen molar-refractivity contribution < 1.29 is 0 Å². The number of fused-ring (bicyclic) bond motifs is 6. The van der Waals surface area contributed by atoms with Gasteiger partial charge in [0.1, 0.15) is 6.17 Å². The second kappa shape index (κ2) is 13.6. The van der Waals surface area contributed by atoms with Crippen LogP contribution >= 0.6 is 0 Å². The third-order valence-electron chi connectivity index (χ3n) is 12.2. The maximum atomic E-state index is 4.02. The molecule has 0 amide bonds. The fourth-order valence-corrected chi connectivity index (χ4v) is 9.62. The lowest BCUT2D eigenvalue weighted by Crippen LogP contribution is -2.39. The number of hydrogen-bond acceptors (Lipinski definition) is 2. The van der Waals surface area contributed by atoms with Crippen molar-refractivity contribution in [2.24, 2.45) is 0 Å². The van der Waals surface area contributed by atoms with Crippen LogP contribution in [0.5, 0.6) is 0 Å². The minimum absolute atomic E-state index is 0.0680. The zero-order valence-corrected chi connectivity index (χ0v) is 31.4. The standard InChI is InChI=1S/C55H40N2/c1-5-18-38(19-6-1)48-34-41-23-15-16-28-46(41)53-52(48)47-32-31-43(35-49(47)55(53,44-24-9-3-10-25-44)45-26-11-4-12-27-45)51-36-50(56-54(57-51)39-20-7-2-8-21-39)42-30-29-37-17-13-14-22-40(37)33-42/h1-36,51,54,56-57H. The third kappa shape index (κ3) is 5.44. The van der Waals surface area contributed by atoms with Gasteiger partial charge < -0.3 is 5.32 Å². The zero-order valence-electron chi connectivity index (χ0n) is 31.4. The molecule has 0 radical (unpaired) electrons. The Morgan fingerprint density at radius 2 is 1.04 bits per heavy atom. The molecule has 0 saturated carbocycles. The van der Waals surface area contributed by atoms with E-state index < -0.39 is 5.41 Å². The molecule has 0 aromatic heterocycles. The van der Waals surface area contributed by atoms with Crippen molar-refractivity contribution in [3.63, 3.8) is 0 Å². The summed E-state index contributed by atoms with van der Waals surface area (Å²) in [7, 11) is 0. The molecule has 1 aliphatic carbocycles. The smallest absolute Gasteiger partial charge is 0.104 e. The van der Waals surface area contributed by atoms with Gasteiger partial charge >= 0.3 is 0 Å². The highest BCUT2D eigenvalue weighted by Gasteiger charge is 2.48. The molecule has 57 heavy (non-hydrogen) atoms. The van der Waals surface area contributed by atoms with Gasteiger partial charge in [0.2, 0.25) is 0 Å². The molecule has 2 aliphatic rings. The maximum absolute atomic E-state index is 4.02. The van der Waals surface area contributed by atoms with Crippen LogP contribution in [0.15, 0.2) is 218 Å². The van der Waals surface area contributed by atoms with Gasteiger partial charge in [0.25, 0.3) is 0 Å². The molecule has 1 aliphatic heterocycles. The van der Waals surface area contributed by atoms with Crippen LogP contribution in [0.2, 0.25) is 0 Å². The molecule has 0 fully saturated rings. The lowest BCUT2D eigenvalue weighted by atomic mass is 9.66. The first-order valence-corrected chi connectivity index (χ1v) is 19.9. The van der Waals surface area contributed by atoms with Gasteiger partial charge in [-0.3, -0.25) is 5.32 Å². The molecule has 9 aromatic rings.